The Balaban J connectivity index is 1.31. The van der Waals surface area contributed by atoms with Crippen LogP contribution in [0.25, 0.3) is 11.1 Å². The Bertz CT molecular complexity index is 1370. The first kappa shape index (κ1) is 22.5. The third-order valence-electron chi connectivity index (χ3n) is 5.70. The summed E-state index contributed by atoms with van der Waals surface area (Å²) in [6, 6.07) is 13.0. The molecule has 0 atom stereocenters. The number of hydrogen-bond acceptors (Lipinski definition) is 5. The first-order valence-electron chi connectivity index (χ1n) is 10.7. The van der Waals surface area contributed by atoms with Crippen LogP contribution in [0.15, 0.2) is 73.3 Å². The van der Waals surface area contributed by atoms with Crippen molar-refractivity contribution in [1.82, 2.24) is 19.7 Å². The van der Waals surface area contributed by atoms with Gasteiger partial charge in [-0.25, -0.2) is 0 Å². The zero-order valence-corrected chi connectivity index (χ0v) is 18.4. The van der Waals surface area contributed by atoms with Gasteiger partial charge >= 0.3 is 6.36 Å². The molecule has 35 heavy (non-hydrogen) atoms. The van der Waals surface area contributed by atoms with E-state index >= 15 is 0 Å². The molecule has 7 nitrogen and oxygen atoms in total. The van der Waals surface area contributed by atoms with Crippen molar-refractivity contribution in [2.75, 3.05) is 5.73 Å². The van der Waals surface area contributed by atoms with Crippen LogP contribution in [0.5, 0.6) is 5.75 Å². The molecule has 4 aromatic rings. The van der Waals surface area contributed by atoms with Crippen molar-refractivity contribution in [1.29, 1.82) is 0 Å². The number of hydrogen-bond donors (Lipinski definition) is 1. The lowest BCUT2D eigenvalue weighted by atomic mass is 10.0. The monoisotopic (exact) mass is 479 g/mol. The van der Waals surface area contributed by atoms with E-state index in [2.05, 4.69) is 14.8 Å². The van der Waals surface area contributed by atoms with Crippen molar-refractivity contribution in [3.8, 4) is 16.9 Å². The highest BCUT2D eigenvalue weighted by molar-refractivity contribution is 6.04. The number of nitrogens with two attached hydrogens (primary N) is 1. The lowest BCUT2D eigenvalue weighted by Gasteiger charge is -2.16. The van der Waals surface area contributed by atoms with Crippen LogP contribution in [-0.4, -0.2) is 31.9 Å². The number of alkyl halides is 3. The second-order valence-corrected chi connectivity index (χ2v) is 8.23. The minimum atomic E-state index is -4.75. The standard InChI is InChI=1S/C25H20F3N5O2/c26-25(27,28)35-21-3-1-16(2-4-21)12-32-14-19-9-18(10-22(29)23(19)24(32)34)20-11-31-33(15-20)13-17-5-7-30-8-6-17/h1-11,15H,12-14,29H2. The van der Waals surface area contributed by atoms with Crippen LogP contribution in [0.4, 0.5) is 18.9 Å². The van der Waals surface area contributed by atoms with Gasteiger partial charge in [0, 0.05) is 42.9 Å². The van der Waals surface area contributed by atoms with Gasteiger partial charge in [-0.05, 0) is 58.7 Å². The molecule has 0 bridgehead atoms. The number of ether oxygens (including phenoxy) is 1. The van der Waals surface area contributed by atoms with Crippen LogP contribution in [0.2, 0.25) is 0 Å². The summed E-state index contributed by atoms with van der Waals surface area (Å²) in [5.41, 5.74) is 11.4. The minimum Gasteiger partial charge on any atom is -0.406 e. The van der Waals surface area contributed by atoms with Gasteiger partial charge in [0.15, 0.2) is 0 Å². The fourth-order valence-corrected chi connectivity index (χ4v) is 4.13. The molecule has 0 saturated heterocycles. The highest BCUT2D eigenvalue weighted by atomic mass is 19.4. The Labute approximate surface area is 198 Å². The van der Waals surface area contributed by atoms with Crippen molar-refractivity contribution >= 4 is 11.6 Å². The van der Waals surface area contributed by atoms with Crippen LogP contribution in [0.1, 0.15) is 27.0 Å². The smallest absolute Gasteiger partial charge is 0.406 e. The number of carbonyl (C=O) groups is 1. The van der Waals surface area contributed by atoms with E-state index in [0.29, 0.717) is 29.9 Å². The number of aromatic nitrogens is 3. The molecule has 3 heterocycles. The maximum absolute atomic E-state index is 13.0. The number of nitrogens with zero attached hydrogens (tertiary/aromatic N) is 4. The molecule has 10 heteroatoms. The van der Waals surface area contributed by atoms with Crippen molar-refractivity contribution in [2.24, 2.45) is 0 Å². The highest BCUT2D eigenvalue weighted by Gasteiger charge is 2.32. The van der Waals surface area contributed by atoms with E-state index in [1.54, 1.807) is 29.6 Å². The summed E-state index contributed by atoms with van der Waals surface area (Å²) in [4.78, 5) is 18.6. The summed E-state index contributed by atoms with van der Waals surface area (Å²) < 4.78 is 42.8. The van der Waals surface area contributed by atoms with Crippen LogP contribution >= 0.6 is 0 Å². The summed E-state index contributed by atoms with van der Waals surface area (Å²) in [6.45, 7) is 1.18. The molecule has 5 rings (SSSR count). The average molecular weight is 479 g/mol. The number of pyridine rings is 1. The van der Waals surface area contributed by atoms with E-state index in [9.17, 15) is 18.0 Å². The van der Waals surface area contributed by atoms with E-state index in [4.69, 9.17) is 5.73 Å². The van der Waals surface area contributed by atoms with Gasteiger partial charge in [0.1, 0.15) is 5.75 Å². The van der Waals surface area contributed by atoms with Gasteiger partial charge in [-0.1, -0.05) is 12.1 Å². The van der Waals surface area contributed by atoms with Crippen molar-refractivity contribution in [2.45, 2.75) is 26.0 Å². The first-order valence-corrected chi connectivity index (χ1v) is 10.7. The van der Waals surface area contributed by atoms with Crippen LogP contribution < -0.4 is 10.5 Å². The third-order valence-corrected chi connectivity index (χ3v) is 5.70. The van der Waals surface area contributed by atoms with Gasteiger partial charge in [0.05, 0.1) is 18.3 Å². The molecule has 1 aliphatic heterocycles. The normalized spacial score (nSPS) is 13.2. The fourth-order valence-electron chi connectivity index (χ4n) is 4.13. The summed E-state index contributed by atoms with van der Waals surface area (Å²) in [5.74, 6) is -0.524. The summed E-state index contributed by atoms with van der Waals surface area (Å²) in [5, 5.41) is 4.42. The summed E-state index contributed by atoms with van der Waals surface area (Å²) >= 11 is 0. The zero-order valence-electron chi connectivity index (χ0n) is 18.4. The van der Waals surface area contributed by atoms with E-state index in [1.807, 2.05) is 29.1 Å². The van der Waals surface area contributed by atoms with Gasteiger partial charge in [0.2, 0.25) is 0 Å². The Morgan fingerprint density at radius 1 is 0.971 bits per heavy atom. The van der Waals surface area contributed by atoms with E-state index in [-0.39, 0.29) is 18.2 Å². The number of anilines is 1. The Hall–Kier alpha value is -4.34. The molecule has 0 spiro atoms. The molecule has 0 aliphatic carbocycles. The molecule has 1 aliphatic rings. The van der Waals surface area contributed by atoms with Gasteiger partial charge < -0.3 is 15.4 Å². The Morgan fingerprint density at radius 3 is 2.40 bits per heavy atom. The molecular weight excluding hydrogens is 459 g/mol. The molecule has 2 aromatic carbocycles. The van der Waals surface area contributed by atoms with Gasteiger partial charge in [-0.15, -0.1) is 13.2 Å². The number of benzene rings is 2. The Morgan fingerprint density at radius 2 is 1.69 bits per heavy atom. The lowest BCUT2D eigenvalue weighted by Crippen LogP contribution is -2.23. The molecule has 178 valence electrons. The average Bonchev–Trinajstić information content (AvgIpc) is 3.39. The fraction of sp³-hybridized carbons (Fsp3) is 0.160. The molecule has 0 fully saturated rings. The Kier molecular flexibility index (Phi) is 5.64. The molecule has 0 radical (unpaired) electrons. The van der Waals surface area contributed by atoms with E-state index in [1.165, 1.54) is 24.3 Å². The number of nitrogen functional groups attached to an aromatic ring is 1. The second-order valence-electron chi connectivity index (χ2n) is 8.23. The molecular formula is C25H20F3N5O2. The quantitative estimate of drug-likeness (QED) is 0.408. The number of halogens is 3. The van der Waals surface area contributed by atoms with Gasteiger partial charge in [-0.2, -0.15) is 5.10 Å². The topological polar surface area (TPSA) is 86.3 Å². The number of carbonyl (C=O) groups excluding carboxylic acids is 1. The predicted molar refractivity (Wildman–Crippen MR) is 122 cm³/mol. The van der Waals surface area contributed by atoms with Crippen LogP contribution in [0, 0.1) is 0 Å². The second kappa shape index (κ2) is 8.79. The lowest BCUT2D eigenvalue weighted by molar-refractivity contribution is -0.274. The number of amides is 1. The van der Waals surface area contributed by atoms with Gasteiger partial charge in [0.25, 0.3) is 5.91 Å². The predicted octanol–water partition coefficient (Wildman–Crippen LogP) is 4.63. The molecule has 2 aromatic heterocycles. The maximum atomic E-state index is 13.0. The summed E-state index contributed by atoms with van der Waals surface area (Å²) in [6.07, 6.45) is 2.38. The van der Waals surface area contributed by atoms with Gasteiger partial charge in [-0.3, -0.25) is 14.5 Å². The van der Waals surface area contributed by atoms with Crippen molar-refractivity contribution < 1.29 is 22.7 Å². The first-order chi connectivity index (χ1) is 16.7. The largest absolute Gasteiger partial charge is 0.573 e. The minimum absolute atomic E-state index is 0.215. The molecule has 2 N–H and O–H groups in total. The van der Waals surface area contributed by atoms with E-state index < -0.39 is 6.36 Å². The number of fused-ring (bicyclic) bond motifs is 1. The van der Waals surface area contributed by atoms with Crippen molar-refractivity contribution in [3.05, 3.63) is 95.6 Å². The SMILES string of the molecule is Nc1cc(-c2cnn(Cc3ccncc3)c2)cc2c1C(=O)N(Cc1ccc(OC(F)(F)F)cc1)C2. The zero-order chi connectivity index (χ0) is 24.6. The maximum Gasteiger partial charge on any atom is 0.573 e. The van der Waals surface area contributed by atoms with Crippen molar-refractivity contribution in [3.63, 3.8) is 0 Å². The third kappa shape index (κ3) is 4.96. The molecule has 1 amide bonds. The van der Waals surface area contributed by atoms with Crippen LogP contribution in [0.3, 0.4) is 0 Å². The number of rotatable bonds is 6. The highest BCUT2D eigenvalue weighted by Crippen LogP contribution is 2.34. The van der Waals surface area contributed by atoms with Crippen LogP contribution in [-0.2, 0) is 19.6 Å². The van der Waals surface area contributed by atoms with E-state index in [0.717, 1.165) is 22.3 Å². The summed E-state index contributed by atoms with van der Waals surface area (Å²) in [7, 11) is 0. The molecule has 0 unspecified atom stereocenters. The molecule has 0 saturated carbocycles.